The van der Waals surface area contributed by atoms with Crippen LogP contribution in [0.4, 0.5) is 18.9 Å². The van der Waals surface area contributed by atoms with Crippen LogP contribution in [-0.4, -0.2) is 54.9 Å². The summed E-state index contributed by atoms with van der Waals surface area (Å²) in [5.41, 5.74) is 2.46. The zero-order valence-electron chi connectivity index (χ0n) is 19.1. The van der Waals surface area contributed by atoms with Crippen molar-refractivity contribution in [1.82, 2.24) is 9.88 Å². The molecule has 176 valence electrons. The maximum atomic E-state index is 13.3. The molecule has 0 unspecified atom stereocenters. The van der Waals surface area contributed by atoms with Crippen LogP contribution in [0.3, 0.4) is 0 Å². The normalized spacial score (nSPS) is 16.7. The number of pyridine rings is 1. The van der Waals surface area contributed by atoms with Gasteiger partial charge in [0.15, 0.2) is 0 Å². The average molecular weight is 458 g/mol. The van der Waals surface area contributed by atoms with Crippen LogP contribution in [0.2, 0.25) is 0 Å². The minimum absolute atomic E-state index is 0.0435. The van der Waals surface area contributed by atoms with Crippen molar-refractivity contribution in [2.24, 2.45) is 16.1 Å². The molecule has 0 bridgehead atoms. The van der Waals surface area contributed by atoms with Crippen molar-refractivity contribution >= 4 is 17.1 Å². The smallest absolute Gasteiger partial charge is 0.278 e. The summed E-state index contributed by atoms with van der Waals surface area (Å²) in [4.78, 5) is 8.57. The quantitative estimate of drug-likeness (QED) is 0.561. The molecular weight excluding hydrogens is 427 g/mol. The Morgan fingerprint density at radius 3 is 2.52 bits per heavy atom. The highest BCUT2D eigenvalue weighted by atomic mass is 19.3. The summed E-state index contributed by atoms with van der Waals surface area (Å²) < 4.78 is 38.4. The van der Waals surface area contributed by atoms with E-state index in [1.165, 1.54) is 38.1 Å². The zero-order valence-corrected chi connectivity index (χ0v) is 19.1. The van der Waals surface area contributed by atoms with Crippen molar-refractivity contribution in [3.8, 4) is 0 Å². The Hall–Kier alpha value is -3.00. The van der Waals surface area contributed by atoms with Crippen LogP contribution in [0, 0.1) is 11.7 Å². The van der Waals surface area contributed by atoms with E-state index >= 15 is 0 Å². The first-order valence-electron chi connectivity index (χ1n) is 11.0. The van der Waals surface area contributed by atoms with Gasteiger partial charge in [-0.3, -0.25) is 4.98 Å². The fraction of sp³-hybridized carbons (Fsp3) is 0.400. The molecule has 0 saturated carbocycles. The van der Waals surface area contributed by atoms with Crippen molar-refractivity contribution in [3.05, 3.63) is 72.3 Å². The Balaban J connectivity index is 0.000000286. The number of hydrogen-bond acceptors (Lipinski definition) is 5. The summed E-state index contributed by atoms with van der Waals surface area (Å²) in [7, 11) is 4.02. The lowest BCUT2D eigenvalue weighted by molar-refractivity contribution is 0.224. The number of rotatable bonds is 6. The van der Waals surface area contributed by atoms with Crippen LogP contribution in [0.5, 0.6) is 0 Å². The van der Waals surface area contributed by atoms with Crippen molar-refractivity contribution in [1.29, 1.82) is 0 Å². The van der Waals surface area contributed by atoms with Crippen LogP contribution in [-0.2, 0) is 6.54 Å². The monoisotopic (exact) mass is 457 g/mol. The molecule has 5 nitrogen and oxygen atoms in total. The fourth-order valence-corrected chi connectivity index (χ4v) is 3.65. The van der Waals surface area contributed by atoms with E-state index in [-0.39, 0.29) is 17.9 Å². The van der Waals surface area contributed by atoms with E-state index in [1.807, 2.05) is 18.0 Å². The number of hydrogen-bond donors (Lipinski definition) is 0. The van der Waals surface area contributed by atoms with Gasteiger partial charge in [-0.25, -0.2) is 13.2 Å². The minimum atomic E-state index is -2.58. The molecule has 0 N–H and O–H groups in total. The van der Waals surface area contributed by atoms with Crippen molar-refractivity contribution < 1.29 is 13.2 Å². The molecule has 0 atom stereocenters. The predicted molar refractivity (Wildman–Crippen MR) is 128 cm³/mol. The summed E-state index contributed by atoms with van der Waals surface area (Å²) in [6.07, 6.45) is 3.75. The third-order valence-corrected chi connectivity index (χ3v) is 5.80. The van der Waals surface area contributed by atoms with E-state index < -0.39 is 6.43 Å². The Bertz CT molecular complexity index is 980. The number of aromatic nitrogens is 1. The highest BCUT2D eigenvalue weighted by Crippen LogP contribution is 2.18. The SMILES string of the molecule is C=CC1CCN(C)CC1.CN(Cc1ccc(C2=NN=C(C(F)F)C2)cn1)c1cccc(F)c1. The molecule has 1 aromatic heterocycles. The van der Waals surface area contributed by atoms with Crippen LogP contribution >= 0.6 is 0 Å². The lowest BCUT2D eigenvalue weighted by Crippen LogP contribution is -2.29. The minimum Gasteiger partial charge on any atom is -0.369 e. The van der Waals surface area contributed by atoms with E-state index in [2.05, 4.69) is 39.8 Å². The predicted octanol–water partition coefficient (Wildman–Crippen LogP) is 5.19. The molecule has 0 amide bonds. The number of halogens is 3. The molecular formula is C25H30F3N5. The van der Waals surface area contributed by atoms with Gasteiger partial charge in [-0.2, -0.15) is 10.2 Å². The molecule has 4 rings (SSSR count). The molecule has 1 saturated heterocycles. The molecule has 0 radical (unpaired) electrons. The number of nitrogens with zero attached hydrogens (tertiary/aromatic N) is 5. The van der Waals surface area contributed by atoms with Gasteiger partial charge < -0.3 is 9.80 Å². The molecule has 33 heavy (non-hydrogen) atoms. The van der Waals surface area contributed by atoms with Gasteiger partial charge in [0.1, 0.15) is 11.5 Å². The van der Waals surface area contributed by atoms with Crippen LogP contribution in [0.1, 0.15) is 30.5 Å². The molecule has 8 heteroatoms. The summed E-state index contributed by atoms with van der Waals surface area (Å²) in [6, 6.07) is 9.89. The molecule has 1 fully saturated rings. The first-order chi connectivity index (χ1) is 15.9. The molecule has 2 aliphatic heterocycles. The zero-order chi connectivity index (χ0) is 23.8. The van der Waals surface area contributed by atoms with Gasteiger partial charge in [0.2, 0.25) is 0 Å². The van der Waals surface area contributed by atoms with Gasteiger partial charge in [0, 0.05) is 30.9 Å². The van der Waals surface area contributed by atoms with Crippen molar-refractivity contribution in [2.75, 3.05) is 32.1 Å². The third kappa shape index (κ3) is 7.25. The molecule has 2 aromatic rings. The van der Waals surface area contributed by atoms with Gasteiger partial charge in [-0.1, -0.05) is 12.1 Å². The highest BCUT2D eigenvalue weighted by Gasteiger charge is 2.22. The Morgan fingerprint density at radius 2 is 1.94 bits per heavy atom. The van der Waals surface area contributed by atoms with Crippen LogP contribution in [0.25, 0.3) is 0 Å². The summed E-state index contributed by atoms with van der Waals surface area (Å²) in [6.45, 7) is 6.78. The van der Waals surface area contributed by atoms with Gasteiger partial charge >= 0.3 is 0 Å². The summed E-state index contributed by atoms with van der Waals surface area (Å²) in [5.74, 6) is 0.498. The fourth-order valence-electron chi connectivity index (χ4n) is 3.65. The Morgan fingerprint density at radius 1 is 1.18 bits per heavy atom. The topological polar surface area (TPSA) is 44.1 Å². The molecule has 2 aliphatic rings. The second kappa shape index (κ2) is 11.7. The van der Waals surface area contributed by atoms with Gasteiger partial charge in [0.25, 0.3) is 6.43 Å². The number of benzene rings is 1. The van der Waals surface area contributed by atoms with Crippen molar-refractivity contribution in [2.45, 2.75) is 32.2 Å². The standard InChI is InChI=1S/C17H15F3N4.C8H15N/c1-24(14-4-2-3-12(18)7-14)10-13-6-5-11(9-21-13)15-8-16(17(19)20)23-22-15;1-3-8-4-6-9(2)7-5-8/h2-7,9,17H,8,10H2,1H3;3,8H,1,4-7H2,2H3. The lowest BCUT2D eigenvalue weighted by Gasteiger charge is -2.26. The van der Waals surface area contributed by atoms with Gasteiger partial charge in [-0.05, 0) is 69.2 Å². The van der Waals surface area contributed by atoms with E-state index in [4.69, 9.17) is 0 Å². The summed E-state index contributed by atoms with van der Waals surface area (Å²) >= 11 is 0. The lowest BCUT2D eigenvalue weighted by atomic mass is 9.98. The molecule has 1 aromatic carbocycles. The number of anilines is 1. The second-order valence-electron chi connectivity index (χ2n) is 8.37. The number of alkyl halides is 2. The first-order valence-corrected chi connectivity index (χ1v) is 11.0. The molecule has 0 spiro atoms. The average Bonchev–Trinajstić information content (AvgIpc) is 3.31. The molecule has 3 heterocycles. The number of likely N-dealkylation sites (tertiary alicyclic amines) is 1. The molecule has 0 aliphatic carbocycles. The maximum Gasteiger partial charge on any atom is 0.278 e. The van der Waals surface area contributed by atoms with E-state index in [0.29, 0.717) is 17.8 Å². The van der Waals surface area contributed by atoms with Crippen LogP contribution < -0.4 is 4.90 Å². The number of piperidine rings is 1. The Labute approximate surface area is 193 Å². The van der Waals surface area contributed by atoms with E-state index in [9.17, 15) is 13.2 Å². The van der Waals surface area contributed by atoms with Gasteiger partial charge in [0.05, 0.1) is 18.0 Å². The highest BCUT2D eigenvalue weighted by molar-refractivity contribution is 6.15. The number of allylic oxidation sites excluding steroid dienone is 1. The first kappa shape index (κ1) is 24.6. The maximum absolute atomic E-state index is 13.3. The second-order valence-corrected chi connectivity index (χ2v) is 8.37. The van der Waals surface area contributed by atoms with Gasteiger partial charge in [-0.15, -0.1) is 6.58 Å². The summed E-state index contributed by atoms with van der Waals surface area (Å²) in [5, 5.41) is 7.28. The van der Waals surface area contributed by atoms with E-state index in [0.717, 1.165) is 17.3 Å². The van der Waals surface area contributed by atoms with Crippen molar-refractivity contribution in [3.63, 3.8) is 0 Å². The largest absolute Gasteiger partial charge is 0.369 e. The van der Waals surface area contributed by atoms with Crippen LogP contribution in [0.15, 0.2) is 65.5 Å². The third-order valence-electron chi connectivity index (χ3n) is 5.80. The van der Waals surface area contributed by atoms with E-state index in [1.54, 1.807) is 24.4 Å². The Kier molecular flexibility index (Phi) is 8.77.